The summed E-state index contributed by atoms with van der Waals surface area (Å²) in [5.74, 6) is -0.319. The molecule has 1 rings (SSSR count). The molecule has 5 heteroatoms. The minimum atomic E-state index is -0.319. The molecule has 1 heterocycles. The Bertz CT molecular complexity index is 314. The van der Waals surface area contributed by atoms with Gasteiger partial charge in [-0.05, 0) is 6.07 Å². The first-order valence-electron chi connectivity index (χ1n) is 3.28. The summed E-state index contributed by atoms with van der Waals surface area (Å²) in [7, 11) is 1.51. The molecule has 12 heavy (non-hydrogen) atoms. The van der Waals surface area contributed by atoms with Gasteiger partial charge in [0.25, 0.3) is 5.91 Å². The molecule has 0 aliphatic carbocycles. The van der Waals surface area contributed by atoms with E-state index in [1.54, 1.807) is 0 Å². The zero-order valence-corrected chi connectivity index (χ0v) is 7.22. The molecular formula is C7H8ClN3O. The Morgan fingerprint density at radius 2 is 2.42 bits per heavy atom. The topological polar surface area (TPSA) is 68.0 Å². The largest absolute Gasteiger partial charge is 0.397 e. The third kappa shape index (κ3) is 1.65. The number of pyridine rings is 1. The Labute approximate surface area is 74.7 Å². The molecule has 0 spiro atoms. The van der Waals surface area contributed by atoms with E-state index >= 15 is 0 Å². The van der Waals surface area contributed by atoms with Gasteiger partial charge in [0.1, 0.15) is 5.69 Å². The highest BCUT2D eigenvalue weighted by Gasteiger charge is 2.09. The van der Waals surface area contributed by atoms with E-state index in [0.29, 0.717) is 5.69 Å². The van der Waals surface area contributed by atoms with Crippen LogP contribution in [0.15, 0.2) is 12.3 Å². The first-order valence-corrected chi connectivity index (χ1v) is 3.66. The van der Waals surface area contributed by atoms with E-state index in [2.05, 4.69) is 10.3 Å². The van der Waals surface area contributed by atoms with Crippen LogP contribution >= 0.6 is 11.6 Å². The monoisotopic (exact) mass is 185 g/mol. The fraction of sp³-hybridized carbons (Fsp3) is 0.143. The van der Waals surface area contributed by atoms with Gasteiger partial charge < -0.3 is 11.1 Å². The number of hydrogen-bond acceptors (Lipinski definition) is 3. The van der Waals surface area contributed by atoms with E-state index in [4.69, 9.17) is 17.3 Å². The van der Waals surface area contributed by atoms with Crippen molar-refractivity contribution in [2.75, 3.05) is 12.8 Å². The second-order valence-electron chi connectivity index (χ2n) is 2.18. The van der Waals surface area contributed by atoms with Crippen LogP contribution in [0.5, 0.6) is 0 Å². The van der Waals surface area contributed by atoms with Gasteiger partial charge in [0.2, 0.25) is 0 Å². The van der Waals surface area contributed by atoms with E-state index in [-0.39, 0.29) is 16.6 Å². The number of halogens is 1. The minimum Gasteiger partial charge on any atom is -0.397 e. The summed E-state index contributed by atoms with van der Waals surface area (Å²) in [4.78, 5) is 14.8. The van der Waals surface area contributed by atoms with Crippen LogP contribution in [0.1, 0.15) is 10.5 Å². The maximum Gasteiger partial charge on any atom is 0.271 e. The maximum atomic E-state index is 11.0. The summed E-state index contributed by atoms with van der Waals surface area (Å²) in [6.07, 6.45) is 1.39. The van der Waals surface area contributed by atoms with Crippen LogP contribution in [0, 0.1) is 0 Å². The van der Waals surface area contributed by atoms with Crippen LogP contribution < -0.4 is 11.1 Å². The molecule has 0 fully saturated rings. The number of carbonyl (C=O) groups is 1. The smallest absolute Gasteiger partial charge is 0.271 e. The quantitative estimate of drug-likeness (QED) is 0.676. The van der Waals surface area contributed by atoms with E-state index < -0.39 is 0 Å². The maximum absolute atomic E-state index is 11.0. The minimum absolute atomic E-state index is 0.188. The van der Waals surface area contributed by atoms with Crippen molar-refractivity contribution in [1.29, 1.82) is 0 Å². The lowest BCUT2D eigenvalue weighted by atomic mass is 10.3. The summed E-state index contributed by atoms with van der Waals surface area (Å²) in [6, 6.07) is 1.49. The zero-order valence-electron chi connectivity index (χ0n) is 6.47. The molecule has 0 saturated carbocycles. The van der Waals surface area contributed by atoms with Gasteiger partial charge in [-0.25, -0.2) is 4.98 Å². The molecule has 1 aromatic heterocycles. The van der Waals surface area contributed by atoms with E-state index in [1.165, 1.54) is 19.3 Å². The third-order valence-electron chi connectivity index (χ3n) is 1.30. The normalized spacial score (nSPS) is 9.50. The summed E-state index contributed by atoms with van der Waals surface area (Å²) < 4.78 is 0. The fourth-order valence-electron chi connectivity index (χ4n) is 0.738. The molecule has 0 aliphatic heterocycles. The van der Waals surface area contributed by atoms with Gasteiger partial charge in [0.15, 0.2) is 0 Å². The molecule has 0 atom stereocenters. The van der Waals surface area contributed by atoms with Gasteiger partial charge in [0.05, 0.1) is 16.9 Å². The van der Waals surface area contributed by atoms with Crippen molar-refractivity contribution in [3.05, 3.63) is 23.0 Å². The molecule has 0 saturated heterocycles. The number of aromatic nitrogens is 1. The fourth-order valence-corrected chi connectivity index (χ4v) is 0.999. The van der Waals surface area contributed by atoms with Gasteiger partial charge in [-0.15, -0.1) is 0 Å². The van der Waals surface area contributed by atoms with Crippen LogP contribution in [0.3, 0.4) is 0 Å². The number of nitrogens with zero attached hydrogens (tertiary/aromatic N) is 1. The Balaban J connectivity index is 3.09. The number of nitrogen functional groups attached to an aromatic ring is 1. The Morgan fingerprint density at radius 1 is 1.75 bits per heavy atom. The number of carbonyl (C=O) groups excluding carboxylic acids is 1. The first-order chi connectivity index (χ1) is 5.65. The summed E-state index contributed by atoms with van der Waals surface area (Å²) in [6.45, 7) is 0. The van der Waals surface area contributed by atoms with Gasteiger partial charge in [-0.3, -0.25) is 4.79 Å². The second kappa shape index (κ2) is 3.40. The molecule has 4 nitrogen and oxygen atoms in total. The molecule has 3 N–H and O–H groups in total. The molecule has 0 bridgehead atoms. The van der Waals surface area contributed by atoms with Gasteiger partial charge in [-0.1, -0.05) is 11.6 Å². The molecular weight excluding hydrogens is 178 g/mol. The number of nitrogens with two attached hydrogens (primary N) is 1. The average molecular weight is 186 g/mol. The van der Waals surface area contributed by atoms with Crippen LogP contribution in [0.4, 0.5) is 5.69 Å². The molecule has 1 aromatic rings. The van der Waals surface area contributed by atoms with Crippen LogP contribution in [0.2, 0.25) is 5.02 Å². The molecule has 0 aliphatic rings. The summed E-state index contributed by atoms with van der Waals surface area (Å²) >= 11 is 5.70. The highest BCUT2D eigenvalue weighted by atomic mass is 35.5. The Hall–Kier alpha value is -1.29. The standard InChI is InChI=1S/C7H8ClN3O/c1-10-7(12)6-5(8)2-4(9)3-11-6/h2-3H,9H2,1H3,(H,10,12). The third-order valence-corrected chi connectivity index (χ3v) is 1.59. The lowest BCUT2D eigenvalue weighted by Crippen LogP contribution is -2.19. The van der Waals surface area contributed by atoms with Crippen LogP contribution in [0.25, 0.3) is 0 Å². The van der Waals surface area contributed by atoms with Crippen molar-refractivity contribution < 1.29 is 4.79 Å². The first kappa shape index (κ1) is 8.80. The van der Waals surface area contributed by atoms with E-state index in [0.717, 1.165) is 0 Å². The molecule has 64 valence electrons. The van der Waals surface area contributed by atoms with Gasteiger partial charge in [-0.2, -0.15) is 0 Å². The molecule has 0 aromatic carbocycles. The predicted octanol–water partition coefficient (Wildman–Crippen LogP) is 0.677. The van der Waals surface area contributed by atoms with Crippen LogP contribution in [-0.2, 0) is 0 Å². The predicted molar refractivity (Wildman–Crippen MR) is 47.0 cm³/mol. The SMILES string of the molecule is CNC(=O)c1ncc(N)cc1Cl. The van der Waals surface area contributed by atoms with Crippen LogP contribution in [-0.4, -0.2) is 17.9 Å². The van der Waals surface area contributed by atoms with Crippen molar-refractivity contribution in [2.24, 2.45) is 0 Å². The number of nitrogens with one attached hydrogen (secondary N) is 1. The Morgan fingerprint density at radius 3 is 2.92 bits per heavy atom. The van der Waals surface area contributed by atoms with Crippen molar-refractivity contribution in [3.63, 3.8) is 0 Å². The molecule has 1 amide bonds. The van der Waals surface area contributed by atoms with Crippen molar-refractivity contribution in [2.45, 2.75) is 0 Å². The lowest BCUT2D eigenvalue weighted by Gasteiger charge is -2.01. The second-order valence-corrected chi connectivity index (χ2v) is 2.59. The molecule has 0 radical (unpaired) electrons. The van der Waals surface area contributed by atoms with E-state index in [1.807, 2.05) is 0 Å². The number of amides is 1. The number of hydrogen-bond donors (Lipinski definition) is 2. The summed E-state index contributed by atoms with van der Waals surface area (Å²) in [5.41, 5.74) is 6.02. The van der Waals surface area contributed by atoms with Gasteiger partial charge in [0, 0.05) is 7.05 Å². The Kier molecular flexibility index (Phi) is 2.50. The molecule has 0 unspecified atom stereocenters. The van der Waals surface area contributed by atoms with Crippen molar-refractivity contribution in [1.82, 2.24) is 10.3 Å². The number of anilines is 1. The number of rotatable bonds is 1. The highest BCUT2D eigenvalue weighted by molar-refractivity contribution is 6.33. The average Bonchev–Trinajstić information content (AvgIpc) is 2.03. The van der Waals surface area contributed by atoms with Crippen molar-refractivity contribution >= 4 is 23.2 Å². The van der Waals surface area contributed by atoms with Crippen molar-refractivity contribution in [3.8, 4) is 0 Å². The van der Waals surface area contributed by atoms with E-state index in [9.17, 15) is 4.79 Å². The van der Waals surface area contributed by atoms with Gasteiger partial charge >= 0.3 is 0 Å². The zero-order chi connectivity index (χ0) is 9.14. The summed E-state index contributed by atoms with van der Waals surface area (Å²) in [5, 5.41) is 2.67. The lowest BCUT2D eigenvalue weighted by molar-refractivity contribution is 0.0958. The highest BCUT2D eigenvalue weighted by Crippen LogP contribution is 2.15.